The zero-order valence-corrected chi connectivity index (χ0v) is 10.3. The van der Waals surface area contributed by atoms with Crippen LogP contribution >= 0.6 is 0 Å². The van der Waals surface area contributed by atoms with Gasteiger partial charge in [-0.05, 0) is 22.6 Å². The third-order valence-corrected chi connectivity index (χ3v) is 3.03. The summed E-state index contributed by atoms with van der Waals surface area (Å²) in [5, 5.41) is 14.5. The highest BCUT2D eigenvalue weighted by molar-refractivity contribution is 5.76. The third kappa shape index (κ3) is 2.48. The Labute approximate surface area is 109 Å². The van der Waals surface area contributed by atoms with E-state index in [0.717, 1.165) is 26.2 Å². The Morgan fingerprint density at radius 3 is 3.00 bits per heavy atom. The number of hydrogen-bond donors (Lipinski definition) is 1. The number of amides is 1. The fourth-order valence-electron chi connectivity index (χ4n) is 2.04. The maximum absolute atomic E-state index is 12.1. The largest absolute Gasteiger partial charge is 0.461 e. The average Bonchev–Trinajstić information content (AvgIpc) is 3.10. The summed E-state index contributed by atoms with van der Waals surface area (Å²) < 4.78 is 6.71. The average molecular weight is 262 g/mol. The Morgan fingerprint density at radius 2 is 2.26 bits per heavy atom. The molecule has 1 saturated heterocycles. The SMILES string of the molecule is O=C(Cn1nnnc1-c1ccco1)N1CCNCC1. The number of tetrazole rings is 1. The Bertz CT molecular complexity index is 543. The first-order valence-corrected chi connectivity index (χ1v) is 6.13. The molecule has 2 aromatic heterocycles. The van der Waals surface area contributed by atoms with Crippen LogP contribution < -0.4 is 5.32 Å². The summed E-state index contributed by atoms with van der Waals surface area (Å²) in [5.41, 5.74) is 0. The molecular weight excluding hydrogens is 248 g/mol. The van der Waals surface area contributed by atoms with Crippen LogP contribution in [0.4, 0.5) is 0 Å². The molecule has 8 nitrogen and oxygen atoms in total. The molecule has 0 spiro atoms. The molecule has 0 aliphatic carbocycles. The number of nitrogens with one attached hydrogen (secondary N) is 1. The highest BCUT2D eigenvalue weighted by Crippen LogP contribution is 2.15. The molecule has 0 unspecified atom stereocenters. The van der Waals surface area contributed by atoms with Crippen molar-refractivity contribution in [1.29, 1.82) is 0 Å². The van der Waals surface area contributed by atoms with Gasteiger partial charge in [-0.15, -0.1) is 5.10 Å². The quantitative estimate of drug-likeness (QED) is 0.792. The lowest BCUT2D eigenvalue weighted by Crippen LogP contribution is -2.47. The van der Waals surface area contributed by atoms with Crippen molar-refractivity contribution in [2.24, 2.45) is 0 Å². The van der Waals surface area contributed by atoms with Gasteiger partial charge in [-0.3, -0.25) is 4.79 Å². The first-order chi connectivity index (χ1) is 9.34. The number of carbonyl (C=O) groups is 1. The molecule has 1 aliphatic heterocycles. The van der Waals surface area contributed by atoms with Gasteiger partial charge in [0.1, 0.15) is 6.54 Å². The minimum atomic E-state index is 0.0154. The molecule has 0 aromatic carbocycles. The molecule has 1 amide bonds. The molecule has 19 heavy (non-hydrogen) atoms. The number of furan rings is 1. The standard InChI is InChI=1S/C11H14N6O2/c18-10(16-5-3-12-4-6-16)8-17-11(13-14-15-17)9-2-1-7-19-9/h1-2,7,12H,3-6,8H2. The molecule has 3 rings (SSSR count). The number of piperazine rings is 1. The van der Waals surface area contributed by atoms with E-state index in [1.54, 1.807) is 18.4 Å². The van der Waals surface area contributed by atoms with Gasteiger partial charge in [0.2, 0.25) is 11.7 Å². The number of carbonyl (C=O) groups excluding carboxylic acids is 1. The normalized spacial score (nSPS) is 15.7. The number of rotatable bonds is 3. The van der Waals surface area contributed by atoms with E-state index in [9.17, 15) is 4.79 Å². The molecule has 100 valence electrons. The fraction of sp³-hybridized carbons (Fsp3) is 0.455. The minimum absolute atomic E-state index is 0.0154. The summed E-state index contributed by atoms with van der Waals surface area (Å²) in [6, 6.07) is 3.52. The van der Waals surface area contributed by atoms with E-state index in [1.807, 2.05) is 4.90 Å². The van der Waals surface area contributed by atoms with E-state index < -0.39 is 0 Å². The molecule has 0 bridgehead atoms. The molecule has 1 fully saturated rings. The Morgan fingerprint density at radius 1 is 1.42 bits per heavy atom. The maximum atomic E-state index is 12.1. The van der Waals surface area contributed by atoms with Crippen molar-refractivity contribution in [2.75, 3.05) is 26.2 Å². The second-order valence-corrected chi connectivity index (χ2v) is 4.27. The number of nitrogens with zero attached hydrogens (tertiary/aromatic N) is 5. The maximum Gasteiger partial charge on any atom is 0.244 e. The lowest BCUT2D eigenvalue weighted by Gasteiger charge is -2.27. The smallest absolute Gasteiger partial charge is 0.244 e. The summed E-state index contributed by atoms with van der Waals surface area (Å²) in [5.74, 6) is 1.04. The number of hydrogen-bond acceptors (Lipinski definition) is 6. The summed E-state index contributed by atoms with van der Waals surface area (Å²) in [4.78, 5) is 13.9. The van der Waals surface area contributed by atoms with E-state index >= 15 is 0 Å². The van der Waals surface area contributed by atoms with E-state index in [-0.39, 0.29) is 12.5 Å². The van der Waals surface area contributed by atoms with E-state index in [4.69, 9.17) is 4.42 Å². The van der Waals surface area contributed by atoms with Crippen LogP contribution in [0.2, 0.25) is 0 Å². The monoisotopic (exact) mass is 262 g/mol. The predicted molar refractivity (Wildman–Crippen MR) is 65.0 cm³/mol. The summed E-state index contributed by atoms with van der Waals surface area (Å²) in [7, 11) is 0. The van der Waals surface area contributed by atoms with Crippen LogP contribution in [0.1, 0.15) is 0 Å². The summed E-state index contributed by atoms with van der Waals surface area (Å²) >= 11 is 0. The van der Waals surface area contributed by atoms with Crippen molar-refractivity contribution in [1.82, 2.24) is 30.4 Å². The van der Waals surface area contributed by atoms with Crippen LogP contribution in [-0.4, -0.2) is 57.2 Å². The first kappa shape index (κ1) is 11.8. The second kappa shape index (κ2) is 5.19. The molecule has 0 atom stereocenters. The lowest BCUT2D eigenvalue weighted by molar-refractivity contribution is -0.132. The van der Waals surface area contributed by atoms with Crippen LogP contribution in [0.15, 0.2) is 22.8 Å². The van der Waals surface area contributed by atoms with Crippen LogP contribution in [0.3, 0.4) is 0 Å². The Kier molecular flexibility index (Phi) is 3.23. The molecule has 2 aromatic rings. The van der Waals surface area contributed by atoms with Crippen molar-refractivity contribution < 1.29 is 9.21 Å². The van der Waals surface area contributed by atoms with Crippen LogP contribution in [0, 0.1) is 0 Å². The zero-order valence-electron chi connectivity index (χ0n) is 10.3. The van der Waals surface area contributed by atoms with Crippen molar-refractivity contribution in [3.8, 4) is 11.6 Å². The first-order valence-electron chi connectivity index (χ1n) is 6.13. The van der Waals surface area contributed by atoms with Gasteiger partial charge in [0, 0.05) is 26.2 Å². The van der Waals surface area contributed by atoms with Gasteiger partial charge < -0.3 is 14.6 Å². The van der Waals surface area contributed by atoms with Gasteiger partial charge in [-0.25, -0.2) is 4.68 Å². The van der Waals surface area contributed by atoms with Gasteiger partial charge >= 0.3 is 0 Å². The van der Waals surface area contributed by atoms with Gasteiger partial charge in [-0.1, -0.05) is 0 Å². The van der Waals surface area contributed by atoms with E-state index in [0.29, 0.717) is 11.6 Å². The van der Waals surface area contributed by atoms with Gasteiger partial charge in [-0.2, -0.15) is 0 Å². The van der Waals surface area contributed by atoms with Crippen LogP contribution in [0.5, 0.6) is 0 Å². The van der Waals surface area contributed by atoms with Crippen LogP contribution in [0.25, 0.3) is 11.6 Å². The predicted octanol–water partition coefficient (Wildman–Crippen LogP) is -0.635. The molecular formula is C11H14N6O2. The van der Waals surface area contributed by atoms with Crippen molar-refractivity contribution in [3.63, 3.8) is 0 Å². The van der Waals surface area contributed by atoms with Crippen LogP contribution in [-0.2, 0) is 11.3 Å². The Hall–Kier alpha value is -2.22. The minimum Gasteiger partial charge on any atom is -0.461 e. The molecule has 8 heteroatoms. The van der Waals surface area contributed by atoms with E-state index in [2.05, 4.69) is 20.8 Å². The van der Waals surface area contributed by atoms with Crippen molar-refractivity contribution in [2.45, 2.75) is 6.54 Å². The second-order valence-electron chi connectivity index (χ2n) is 4.27. The molecule has 1 aliphatic rings. The molecule has 0 saturated carbocycles. The van der Waals surface area contributed by atoms with Gasteiger partial charge in [0.15, 0.2) is 5.76 Å². The third-order valence-electron chi connectivity index (χ3n) is 3.03. The highest BCUT2D eigenvalue weighted by Gasteiger charge is 2.19. The fourth-order valence-corrected chi connectivity index (χ4v) is 2.04. The summed E-state index contributed by atoms with van der Waals surface area (Å²) in [6.45, 7) is 3.22. The van der Waals surface area contributed by atoms with E-state index in [1.165, 1.54) is 4.68 Å². The van der Waals surface area contributed by atoms with Crippen molar-refractivity contribution >= 4 is 5.91 Å². The molecule has 3 heterocycles. The zero-order chi connectivity index (χ0) is 13.1. The Balaban J connectivity index is 1.73. The number of aromatic nitrogens is 4. The summed E-state index contributed by atoms with van der Waals surface area (Å²) in [6.07, 6.45) is 1.55. The molecule has 1 N–H and O–H groups in total. The van der Waals surface area contributed by atoms with Crippen molar-refractivity contribution in [3.05, 3.63) is 18.4 Å². The highest BCUT2D eigenvalue weighted by atomic mass is 16.3. The topological polar surface area (TPSA) is 89.1 Å². The lowest BCUT2D eigenvalue weighted by atomic mass is 10.3. The molecule has 0 radical (unpaired) electrons. The van der Waals surface area contributed by atoms with Gasteiger partial charge in [0.25, 0.3) is 0 Å². The van der Waals surface area contributed by atoms with Gasteiger partial charge in [0.05, 0.1) is 6.26 Å².